The molecule has 1 aliphatic rings. The lowest BCUT2D eigenvalue weighted by atomic mass is 10.1. The van der Waals surface area contributed by atoms with Gasteiger partial charge in [-0.3, -0.25) is 9.36 Å². The molecule has 0 radical (unpaired) electrons. The normalized spacial score (nSPS) is 12.5. The Hall–Kier alpha value is -4.05. The minimum absolute atomic E-state index is 0.119. The molecule has 10 heteroatoms. The zero-order valence-corrected chi connectivity index (χ0v) is 19.8. The molecule has 2 aromatic carbocycles. The van der Waals surface area contributed by atoms with Gasteiger partial charge in [0.25, 0.3) is 5.56 Å². The Labute approximate surface area is 203 Å². The lowest BCUT2D eigenvalue weighted by molar-refractivity contribution is 0.174. The first kappa shape index (κ1) is 21.5. The third-order valence-electron chi connectivity index (χ3n) is 5.70. The van der Waals surface area contributed by atoms with Gasteiger partial charge in [0, 0.05) is 11.6 Å². The molecule has 1 aliphatic heterocycles. The summed E-state index contributed by atoms with van der Waals surface area (Å²) in [6, 6.07) is 15.0. The highest BCUT2D eigenvalue weighted by atomic mass is 32.2. The summed E-state index contributed by atoms with van der Waals surface area (Å²) in [5, 5.41) is 5.08. The van der Waals surface area contributed by atoms with Gasteiger partial charge in [0.05, 0.1) is 23.2 Å². The average Bonchev–Trinajstić information content (AvgIpc) is 3.60. The molecule has 0 atom stereocenters. The maximum absolute atomic E-state index is 13.5. The van der Waals surface area contributed by atoms with E-state index >= 15 is 0 Å². The van der Waals surface area contributed by atoms with Crippen LogP contribution in [0.3, 0.4) is 0 Å². The predicted molar refractivity (Wildman–Crippen MR) is 129 cm³/mol. The average molecular weight is 489 g/mol. The van der Waals surface area contributed by atoms with Gasteiger partial charge < -0.3 is 18.4 Å². The molecule has 0 bridgehead atoms. The van der Waals surface area contributed by atoms with Crippen molar-refractivity contribution in [2.45, 2.75) is 31.3 Å². The second-order valence-corrected chi connectivity index (χ2v) is 9.08. The smallest absolute Gasteiger partial charge is 0.262 e. The van der Waals surface area contributed by atoms with E-state index in [-0.39, 0.29) is 18.9 Å². The first-order valence-corrected chi connectivity index (χ1v) is 11.9. The standard InChI is InChI=1S/C25H20N4O5S/c1-14-5-3-4-6-17(14)23-27-22(34-28-23)12-35-25-26-19-10-21-20(31-13-32-21)9-18(19)24(30)29(25)11-16-8-7-15(2)33-16/h3-10H,11-13H2,1-2H3. The second-order valence-electron chi connectivity index (χ2n) is 8.14. The van der Waals surface area contributed by atoms with Crippen molar-refractivity contribution in [2.24, 2.45) is 0 Å². The number of nitrogens with zero attached hydrogens (tertiary/aromatic N) is 4. The Balaban J connectivity index is 1.36. The van der Waals surface area contributed by atoms with Gasteiger partial charge >= 0.3 is 0 Å². The van der Waals surface area contributed by atoms with Crippen molar-refractivity contribution in [3.05, 3.63) is 81.9 Å². The van der Waals surface area contributed by atoms with E-state index in [1.54, 1.807) is 16.7 Å². The highest BCUT2D eigenvalue weighted by molar-refractivity contribution is 7.98. The third-order valence-corrected chi connectivity index (χ3v) is 6.66. The largest absolute Gasteiger partial charge is 0.464 e. The maximum Gasteiger partial charge on any atom is 0.262 e. The second kappa shape index (κ2) is 8.62. The van der Waals surface area contributed by atoms with E-state index in [1.807, 2.05) is 50.2 Å². The van der Waals surface area contributed by atoms with Crippen molar-refractivity contribution in [3.63, 3.8) is 0 Å². The van der Waals surface area contributed by atoms with Gasteiger partial charge in [-0.1, -0.05) is 41.2 Å². The van der Waals surface area contributed by atoms with Crippen LogP contribution in [0.2, 0.25) is 0 Å². The molecule has 0 saturated heterocycles. The molecule has 0 unspecified atom stereocenters. The fraction of sp³-hybridized carbons (Fsp3) is 0.200. The minimum Gasteiger partial charge on any atom is -0.464 e. The monoisotopic (exact) mass is 488 g/mol. The molecule has 6 rings (SSSR count). The van der Waals surface area contributed by atoms with E-state index in [0.717, 1.165) is 16.9 Å². The van der Waals surface area contributed by atoms with Crippen LogP contribution in [0.4, 0.5) is 0 Å². The van der Waals surface area contributed by atoms with Crippen LogP contribution in [0.25, 0.3) is 22.3 Å². The summed E-state index contributed by atoms with van der Waals surface area (Å²) in [5.74, 6) is 3.85. The van der Waals surface area contributed by atoms with Gasteiger partial charge in [-0.25, -0.2) is 4.98 Å². The lowest BCUT2D eigenvalue weighted by Gasteiger charge is -2.12. The van der Waals surface area contributed by atoms with Gasteiger partial charge in [-0.15, -0.1) is 0 Å². The first-order valence-electron chi connectivity index (χ1n) is 11.0. The summed E-state index contributed by atoms with van der Waals surface area (Å²) < 4.78 is 23.7. The van der Waals surface area contributed by atoms with E-state index in [4.69, 9.17) is 23.4 Å². The Bertz CT molecular complexity index is 1620. The Morgan fingerprint density at radius 2 is 1.86 bits per heavy atom. The Morgan fingerprint density at radius 1 is 1.03 bits per heavy atom. The number of aryl methyl sites for hydroxylation is 2. The molecule has 176 valence electrons. The molecule has 0 aliphatic carbocycles. The number of furan rings is 1. The number of hydrogen-bond acceptors (Lipinski definition) is 9. The topological polar surface area (TPSA) is 105 Å². The predicted octanol–water partition coefficient (Wildman–Crippen LogP) is 4.73. The Morgan fingerprint density at radius 3 is 2.66 bits per heavy atom. The summed E-state index contributed by atoms with van der Waals surface area (Å²) in [7, 11) is 0. The van der Waals surface area contributed by atoms with E-state index in [0.29, 0.717) is 50.8 Å². The van der Waals surface area contributed by atoms with Crippen LogP contribution < -0.4 is 15.0 Å². The van der Waals surface area contributed by atoms with E-state index in [9.17, 15) is 4.79 Å². The van der Waals surface area contributed by atoms with Crippen molar-refractivity contribution in [2.75, 3.05) is 6.79 Å². The quantitative estimate of drug-likeness (QED) is 0.248. The van der Waals surface area contributed by atoms with Crippen LogP contribution in [0, 0.1) is 13.8 Å². The van der Waals surface area contributed by atoms with Gasteiger partial charge in [0.2, 0.25) is 18.5 Å². The van der Waals surface area contributed by atoms with E-state index < -0.39 is 0 Å². The van der Waals surface area contributed by atoms with Crippen molar-refractivity contribution in [1.29, 1.82) is 0 Å². The van der Waals surface area contributed by atoms with Crippen LogP contribution in [0.15, 0.2) is 67.4 Å². The van der Waals surface area contributed by atoms with Crippen molar-refractivity contribution in [1.82, 2.24) is 19.7 Å². The van der Waals surface area contributed by atoms with Gasteiger partial charge in [-0.2, -0.15) is 4.98 Å². The molecule has 5 aromatic rings. The molecule has 0 fully saturated rings. The summed E-state index contributed by atoms with van der Waals surface area (Å²) in [6.45, 7) is 4.22. The molecule has 3 aromatic heterocycles. The maximum atomic E-state index is 13.5. The zero-order valence-electron chi connectivity index (χ0n) is 19.0. The van der Waals surface area contributed by atoms with Crippen LogP contribution >= 0.6 is 11.8 Å². The van der Waals surface area contributed by atoms with E-state index in [1.165, 1.54) is 11.8 Å². The Kier molecular flexibility index (Phi) is 5.29. The SMILES string of the molecule is Cc1ccc(Cn2c(SCc3nc(-c4ccccc4C)no3)nc3cc4c(cc3c2=O)OCO4)o1. The van der Waals surface area contributed by atoms with E-state index in [2.05, 4.69) is 10.1 Å². The highest BCUT2D eigenvalue weighted by Gasteiger charge is 2.20. The van der Waals surface area contributed by atoms with Gasteiger partial charge in [0.15, 0.2) is 16.7 Å². The molecular formula is C25H20N4O5S. The third kappa shape index (κ3) is 4.06. The number of rotatable bonds is 6. The van der Waals surface area contributed by atoms with Crippen LogP contribution in [0.5, 0.6) is 11.5 Å². The number of benzene rings is 2. The molecular weight excluding hydrogens is 468 g/mol. The number of aromatic nitrogens is 4. The summed E-state index contributed by atoms with van der Waals surface area (Å²) >= 11 is 1.34. The van der Waals surface area contributed by atoms with Crippen molar-refractivity contribution >= 4 is 22.7 Å². The van der Waals surface area contributed by atoms with Crippen LogP contribution in [-0.2, 0) is 12.3 Å². The number of fused-ring (bicyclic) bond motifs is 2. The van der Waals surface area contributed by atoms with Crippen LogP contribution in [0.1, 0.15) is 23.0 Å². The van der Waals surface area contributed by atoms with Crippen LogP contribution in [-0.4, -0.2) is 26.5 Å². The number of hydrogen-bond donors (Lipinski definition) is 0. The molecule has 0 amide bonds. The molecule has 0 spiro atoms. The molecule has 0 N–H and O–H groups in total. The van der Waals surface area contributed by atoms with Crippen molar-refractivity contribution in [3.8, 4) is 22.9 Å². The summed E-state index contributed by atoms with van der Waals surface area (Å²) in [4.78, 5) is 22.8. The summed E-state index contributed by atoms with van der Waals surface area (Å²) in [6.07, 6.45) is 0. The zero-order chi connectivity index (χ0) is 23.9. The number of ether oxygens (including phenoxy) is 2. The first-order chi connectivity index (χ1) is 17.0. The number of thioether (sulfide) groups is 1. The van der Waals surface area contributed by atoms with Gasteiger partial charge in [0.1, 0.15) is 11.5 Å². The van der Waals surface area contributed by atoms with Gasteiger partial charge in [-0.05, 0) is 37.6 Å². The molecule has 35 heavy (non-hydrogen) atoms. The minimum atomic E-state index is -0.198. The molecule has 4 heterocycles. The molecule has 9 nitrogen and oxygen atoms in total. The summed E-state index contributed by atoms with van der Waals surface area (Å²) in [5.41, 5.74) is 2.30. The van der Waals surface area contributed by atoms with Crippen molar-refractivity contribution < 1.29 is 18.4 Å². The fourth-order valence-corrected chi connectivity index (χ4v) is 4.78. The fourth-order valence-electron chi connectivity index (χ4n) is 3.94. The lowest BCUT2D eigenvalue weighted by Crippen LogP contribution is -2.23. The molecule has 0 saturated carbocycles. The highest BCUT2D eigenvalue weighted by Crippen LogP contribution is 2.35.